The van der Waals surface area contributed by atoms with E-state index in [4.69, 9.17) is 6.42 Å². The number of unbranched alkanes of at least 4 members (excludes halogenated alkanes) is 1. The van der Waals surface area contributed by atoms with Crippen molar-refractivity contribution < 1.29 is 4.79 Å². The number of hydrogen-bond donors (Lipinski definition) is 0. The number of carbonyl (C=O) groups excluding carboxylic acids is 1. The van der Waals surface area contributed by atoms with Gasteiger partial charge in [0.25, 0.3) is 0 Å². The number of benzene rings is 1. The molecule has 1 aromatic carbocycles. The first kappa shape index (κ1) is 10.5. The third-order valence-electron chi connectivity index (χ3n) is 2.10. The molecule has 0 atom stereocenters. The maximum atomic E-state index is 11.6. The summed E-state index contributed by atoms with van der Waals surface area (Å²) in [6, 6.07) is 7.64. The van der Waals surface area contributed by atoms with Gasteiger partial charge in [-0.2, -0.15) is 0 Å². The molecule has 1 heteroatoms. The van der Waals surface area contributed by atoms with Crippen molar-refractivity contribution >= 4 is 5.78 Å². The fraction of sp³-hybridized carbons (Fsp3) is 0.308. The minimum atomic E-state index is 0.181. The molecule has 0 unspecified atom stereocenters. The van der Waals surface area contributed by atoms with Crippen LogP contribution in [0.1, 0.15) is 35.2 Å². The highest BCUT2D eigenvalue weighted by molar-refractivity contribution is 5.96. The fourth-order valence-electron chi connectivity index (χ4n) is 1.23. The lowest BCUT2D eigenvalue weighted by atomic mass is 10.0. The molecule has 0 N–H and O–H groups in total. The Morgan fingerprint density at radius 1 is 1.36 bits per heavy atom. The van der Waals surface area contributed by atoms with Gasteiger partial charge in [-0.1, -0.05) is 29.8 Å². The van der Waals surface area contributed by atoms with Crippen LogP contribution in [0.4, 0.5) is 0 Å². The van der Waals surface area contributed by atoms with Crippen molar-refractivity contribution in [3.8, 4) is 12.3 Å². The Labute approximate surface area is 85.1 Å². The van der Waals surface area contributed by atoms with E-state index in [9.17, 15) is 4.79 Å². The fourth-order valence-corrected chi connectivity index (χ4v) is 1.23. The third kappa shape index (κ3) is 3.06. The molecular weight excluding hydrogens is 172 g/mol. The highest BCUT2D eigenvalue weighted by Crippen LogP contribution is 2.08. The first-order chi connectivity index (χ1) is 6.74. The van der Waals surface area contributed by atoms with Gasteiger partial charge < -0.3 is 0 Å². The van der Waals surface area contributed by atoms with E-state index >= 15 is 0 Å². The van der Waals surface area contributed by atoms with Crippen molar-refractivity contribution in [2.75, 3.05) is 0 Å². The maximum Gasteiger partial charge on any atom is 0.162 e. The lowest BCUT2D eigenvalue weighted by Crippen LogP contribution is -1.98. The van der Waals surface area contributed by atoms with Crippen LogP contribution in [0.2, 0.25) is 0 Å². The van der Waals surface area contributed by atoms with Crippen molar-refractivity contribution in [3.63, 3.8) is 0 Å². The van der Waals surface area contributed by atoms with E-state index < -0.39 is 0 Å². The van der Waals surface area contributed by atoms with Gasteiger partial charge in [-0.3, -0.25) is 4.79 Å². The molecular formula is C13H14O. The molecule has 0 saturated heterocycles. The van der Waals surface area contributed by atoms with E-state index in [1.54, 1.807) is 0 Å². The van der Waals surface area contributed by atoms with Crippen molar-refractivity contribution in [3.05, 3.63) is 35.4 Å². The molecule has 0 fully saturated rings. The van der Waals surface area contributed by atoms with E-state index in [0.29, 0.717) is 12.8 Å². The molecule has 14 heavy (non-hydrogen) atoms. The zero-order valence-corrected chi connectivity index (χ0v) is 8.42. The van der Waals surface area contributed by atoms with Crippen LogP contribution < -0.4 is 0 Å². The van der Waals surface area contributed by atoms with Gasteiger partial charge in [-0.25, -0.2) is 0 Å². The number of terminal acetylenes is 1. The van der Waals surface area contributed by atoms with Crippen molar-refractivity contribution in [2.24, 2.45) is 0 Å². The van der Waals surface area contributed by atoms with Gasteiger partial charge in [-0.15, -0.1) is 12.3 Å². The zero-order valence-electron chi connectivity index (χ0n) is 8.42. The zero-order chi connectivity index (χ0) is 10.4. The Balaban J connectivity index is 2.53. The SMILES string of the molecule is C#CCCCC(=O)c1ccc(C)cc1. The highest BCUT2D eigenvalue weighted by atomic mass is 16.1. The number of carbonyl (C=O) groups is 1. The number of ketones is 1. The molecule has 1 rings (SSSR count). The molecule has 0 aliphatic carbocycles. The summed E-state index contributed by atoms with van der Waals surface area (Å²) >= 11 is 0. The monoisotopic (exact) mass is 186 g/mol. The Hall–Kier alpha value is -1.55. The predicted molar refractivity (Wildman–Crippen MR) is 58.2 cm³/mol. The summed E-state index contributed by atoms with van der Waals surface area (Å²) in [4.78, 5) is 11.6. The molecule has 0 bridgehead atoms. The Bertz CT molecular complexity index is 340. The van der Waals surface area contributed by atoms with Crippen LogP contribution in [-0.4, -0.2) is 5.78 Å². The molecule has 0 aromatic heterocycles. The normalized spacial score (nSPS) is 9.43. The standard InChI is InChI=1S/C13H14O/c1-3-4-5-6-13(14)12-9-7-11(2)8-10-12/h1,7-10H,4-6H2,2H3. The Morgan fingerprint density at radius 3 is 2.57 bits per heavy atom. The second-order valence-corrected chi connectivity index (χ2v) is 3.35. The molecule has 0 spiro atoms. The third-order valence-corrected chi connectivity index (χ3v) is 2.10. The molecule has 0 radical (unpaired) electrons. The average molecular weight is 186 g/mol. The van der Waals surface area contributed by atoms with E-state index in [2.05, 4.69) is 5.92 Å². The Kier molecular flexibility index (Phi) is 3.94. The molecule has 0 aliphatic heterocycles. The van der Waals surface area contributed by atoms with Gasteiger partial charge in [0.1, 0.15) is 0 Å². The van der Waals surface area contributed by atoms with Gasteiger partial charge in [0.05, 0.1) is 0 Å². The molecule has 0 aliphatic rings. The quantitative estimate of drug-likeness (QED) is 0.401. The van der Waals surface area contributed by atoms with Crippen LogP contribution in [0.3, 0.4) is 0 Å². The summed E-state index contributed by atoms with van der Waals surface area (Å²) in [5, 5.41) is 0. The minimum absolute atomic E-state index is 0.181. The maximum absolute atomic E-state index is 11.6. The predicted octanol–water partition coefficient (Wildman–Crippen LogP) is 2.98. The lowest BCUT2D eigenvalue weighted by Gasteiger charge is -1.99. The number of Topliss-reactive ketones (excluding diaryl/α,β-unsaturated/α-hetero) is 1. The van der Waals surface area contributed by atoms with E-state index in [1.165, 1.54) is 5.56 Å². The van der Waals surface area contributed by atoms with Crippen molar-refractivity contribution in [1.82, 2.24) is 0 Å². The van der Waals surface area contributed by atoms with Gasteiger partial charge in [0.2, 0.25) is 0 Å². The van der Waals surface area contributed by atoms with Crippen LogP contribution in [-0.2, 0) is 0 Å². The van der Waals surface area contributed by atoms with Crippen LogP contribution in [0, 0.1) is 19.3 Å². The topological polar surface area (TPSA) is 17.1 Å². The van der Waals surface area contributed by atoms with E-state index in [1.807, 2.05) is 31.2 Å². The van der Waals surface area contributed by atoms with Crippen LogP contribution in [0.5, 0.6) is 0 Å². The van der Waals surface area contributed by atoms with Gasteiger partial charge in [0.15, 0.2) is 5.78 Å². The van der Waals surface area contributed by atoms with E-state index in [0.717, 1.165) is 12.0 Å². The average Bonchev–Trinajstić information content (AvgIpc) is 2.19. The van der Waals surface area contributed by atoms with Crippen LogP contribution >= 0.6 is 0 Å². The Morgan fingerprint density at radius 2 is 2.00 bits per heavy atom. The number of aryl methyl sites for hydroxylation is 1. The van der Waals surface area contributed by atoms with Crippen molar-refractivity contribution in [2.45, 2.75) is 26.2 Å². The molecule has 1 aromatic rings. The van der Waals surface area contributed by atoms with Gasteiger partial charge in [-0.05, 0) is 13.3 Å². The second-order valence-electron chi connectivity index (χ2n) is 3.35. The highest BCUT2D eigenvalue weighted by Gasteiger charge is 2.03. The number of hydrogen-bond acceptors (Lipinski definition) is 1. The molecule has 1 nitrogen and oxygen atoms in total. The van der Waals surface area contributed by atoms with Crippen LogP contribution in [0.25, 0.3) is 0 Å². The number of rotatable bonds is 4. The van der Waals surface area contributed by atoms with Crippen molar-refractivity contribution in [1.29, 1.82) is 0 Å². The second kappa shape index (κ2) is 5.24. The first-order valence-corrected chi connectivity index (χ1v) is 4.77. The molecule has 0 amide bonds. The summed E-state index contributed by atoms with van der Waals surface area (Å²) in [5.41, 5.74) is 1.96. The van der Waals surface area contributed by atoms with E-state index in [-0.39, 0.29) is 5.78 Å². The van der Waals surface area contributed by atoms with Gasteiger partial charge in [0, 0.05) is 18.4 Å². The molecule has 0 heterocycles. The largest absolute Gasteiger partial charge is 0.294 e. The summed E-state index contributed by atoms with van der Waals surface area (Å²) in [5.74, 6) is 2.71. The summed E-state index contributed by atoms with van der Waals surface area (Å²) in [7, 11) is 0. The molecule has 0 saturated carbocycles. The summed E-state index contributed by atoms with van der Waals surface area (Å²) in [6.07, 6.45) is 7.12. The van der Waals surface area contributed by atoms with Gasteiger partial charge >= 0.3 is 0 Å². The summed E-state index contributed by atoms with van der Waals surface area (Å²) in [6.45, 7) is 2.01. The van der Waals surface area contributed by atoms with Crippen LogP contribution in [0.15, 0.2) is 24.3 Å². The summed E-state index contributed by atoms with van der Waals surface area (Å²) < 4.78 is 0. The lowest BCUT2D eigenvalue weighted by molar-refractivity contribution is 0.0980. The first-order valence-electron chi connectivity index (χ1n) is 4.77. The smallest absolute Gasteiger partial charge is 0.162 e. The minimum Gasteiger partial charge on any atom is -0.294 e. The molecule has 72 valence electrons.